The van der Waals surface area contributed by atoms with E-state index in [0.29, 0.717) is 11.3 Å². The van der Waals surface area contributed by atoms with Gasteiger partial charge in [-0.05, 0) is 25.1 Å². The summed E-state index contributed by atoms with van der Waals surface area (Å²) in [5.41, 5.74) is 1.06. The second-order valence-corrected chi connectivity index (χ2v) is 4.20. The quantitative estimate of drug-likeness (QED) is 0.731. The number of hydrogen-bond donors (Lipinski definition) is 0. The second-order valence-electron chi connectivity index (χ2n) is 3.29. The molecule has 2 rings (SSSR count). The highest BCUT2D eigenvalue weighted by Crippen LogP contribution is 2.24. The van der Waals surface area contributed by atoms with Crippen molar-refractivity contribution in [3.8, 4) is 0 Å². The lowest BCUT2D eigenvalue weighted by molar-refractivity contribution is -0.120. The average molecular weight is 266 g/mol. The van der Waals surface area contributed by atoms with E-state index in [2.05, 4.69) is 15.9 Å². The van der Waals surface area contributed by atoms with E-state index in [1.165, 1.54) is 11.0 Å². The van der Waals surface area contributed by atoms with Crippen LogP contribution in [0, 0.1) is 0 Å². The molecule has 1 aliphatic heterocycles. The third kappa shape index (κ3) is 1.72. The standard InChI is InChI=1S/C11H8BrNO2/c1-7-5-10(14)13(11(7)15)9-4-2-3-8(12)6-9/h2-6H,1H3. The van der Waals surface area contributed by atoms with Crippen LogP contribution in [0.3, 0.4) is 0 Å². The van der Waals surface area contributed by atoms with Crippen LogP contribution in [0.25, 0.3) is 0 Å². The first-order valence-electron chi connectivity index (χ1n) is 4.42. The summed E-state index contributed by atoms with van der Waals surface area (Å²) in [6.07, 6.45) is 1.35. The van der Waals surface area contributed by atoms with Crippen molar-refractivity contribution in [1.29, 1.82) is 0 Å². The van der Waals surface area contributed by atoms with E-state index in [1.54, 1.807) is 25.1 Å². The Hall–Kier alpha value is -1.42. The molecule has 0 spiro atoms. The fourth-order valence-corrected chi connectivity index (χ4v) is 1.83. The molecule has 0 aliphatic carbocycles. The topological polar surface area (TPSA) is 37.4 Å². The van der Waals surface area contributed by atoms with E-state index >= 15 is 0 Å². The van der Waals surface area contributed by atoms with E-state index in [4.69, 9.17) is 0 Å². The highest BCUT2D eigenvalue weighted by Gasteiger charge is 2.29. The van der Waals surface area contributed by atoms with Crippen molar-refractivity contribution in [1.82, 2.24) is 0 Å². The molecule has 4 heteroatoms. The number of hydrogen-bond acceptors (Lipinski definition) is 2. The fourth-order valence-electron chi connectivity index (χ4n) is 1.45. The summed E-state index contributed by atoms with van der Waals surface area (Å²) in [6, 6.07) is 7.09. The van der Waals surface area contributed by atoms with Gasteiger partial charge in [0.15, 0.2) is 0 Å². The lowest BCUT2D eigenvalue weighted by Crippen LogP contribution is -2.30. The fraction of sp³-hybridized carbons (Fsp3) is 0.0909. The molecule has 1 aromatic rings. The van der Waals surface area contributed by atoms with Crippen LogP contribution in [0.4, 0.5) is 5.69 Å². The average Bonchev–Trinajstić information content (AvgIpc) is 2.41. The third-order valence-corrected chi connectivity index (χ3v) is 2.66. The Morgan fingerprint density at radius 2 is 2.00 bits per heavy atom. The van der Waals surface area contributed by atoms with Crippen molar-refractivity contribution in [3.05, 3.63) is 40.4 Å². The Bertz CT molecular complexity index is 479. The van der Waals surface area contributed by atoms with Crippen LogP contribution >= 0.6 is 15.9 Å². The summed E-state index contributed by atoms with van der Waals surface area (Å²) in [4.78, 5) is 24.3. The lowest BCUT2D eigenvalue weighted by atomic mass is 10.3. The van der Waals surface area contributed by atoms with E-state index in [-0.39, 0.29) is 11.8 Å². The Kier molecular flexibility index (Phi) is 2.44. The maximum atomic E-state index is 11.6. The van der Waals surface area contributed by atoms with Gasteiger partial charge in [-0.25, -0.2) is 4.90 Å². The molecule has 1 aromatic carbocycles. The minimum absolute atomic E-state index is 0.252. The first kappa shape index (κ1) is 10.1. The van der Waals surface area contributed by atoms with Crippen LogP contribution in [0.2, 0.25) is 0 Å². The number of carbonyl (C=O) groups excluding carboxylic acids is 2. The van der Waals surface area contributed by atoms with Crippen LogP contribution in [0.5, 0.6) is 0 Å². The van der Waals surface area contributed by atoms with Gasteiger partial charge in [-0.3, -0.25) is 9.59 Å². The SMILES string of the molecule is CC1=CC(=O)N(c2cccc(Br)c2)C1=O. The monoisotopic (exact) mass is 265 g/mol. The second kappa shape index (κ2) is 3.62. The molecular formula is C11H8BrNO2. The van der Waals surface area contributed by atoms with Crippen molar-refractivity contribution in [2.45, 2.75) is 6.92 Å². The Morgan fingerprint density at radius 1 is 1.27 bits per heavy atom. The zero-order valence-corrected chi connectivity index (χ0v) is 9.61. The third-order valence-electron chi connectivity index (χ3n) is 2.17. The normalized spacial score (nSPS) is 15.9. The molecule has 0 saturated carbocycles. The minimum Gasteiger partial charge on any atom is -0.269 e. The molecule has 2 amide bonds. The van der Waals surface area contributed by atoms with Gasteiger partial charge < -0.3 is 0 Å². The van der Waals surface area contributed by atoms with Crippen molar-refractivity contribution in [2.24, 2.45) is 0 Å². The number of carbonyl (C=O) groups is 2. The maximum absolute atomic E-state index is 11.6. The van der Waals surface area contributed by atoms with Gasteiger partial charge >= 0.3 is 0 Å². The summed E-state index contributed by atoms with van der Waals surface area (Å²) >= 11 is 3.30. The summed E-state index contributed by atoms with van der Waals surface area (Å²) in [5, 5.41) is 0. The molecule has 15 heavy (non-hydrogen) atoms. The maximum Gasteiger partial charge on any atom is 0.261 e. The van der Waals surface area contributed by atoms with E-state index in [9.17, 15) is 9.59 Å². The molecule has 0 aromatic heterocycles. The van der Waals surface area contributed by atoms with Gasteiger partial charge in [0.25, 0.3) is 11.8 Å². The Labute approximate surface area is 95.5 Å². The van der Waals surface area contributed by atoms with Crippen LogP contribution in [-0.2, 0) is 9.59 Å². The Balaban J connectivity index is 2.42. The van der Waals surface area contributed by atoms with E-state index < -0.39 is 0 Å². The predicted molar refractivity (Wildman–Crippen MR) is 60.4 cm³/mol. The van der Waals surface area contributed by atoms with Crippen LogP contribution in [-0.4, -0.2) is 11.8 Å². The number of halogens is 1. The van der Waals surface area contributed by atoms with Crippen LogP contribution in [0.1, 0.15) is 6.92 Å². The summed E-state index contributed by atoms with van der Waals surface area (Å²) in [5.74, 6) is -0.534. The van der Waals surface area contributed by atoms with Crippen molar-refractivity contribution in [3.63, 3.8) is 0 Å². The predicted octanol–water partition coefficient (Wildman–Crippen LogP) is 2.27. The van der Waals surface area contributed by atoms with Gasteiger partial charge in [0.1, 0.15) is 0 Å². The molecule has 0 unspecified atom stereocenters. The first-order chi connectivity index (χ1) is 7.09. The number of benzene rings is 1. The molecule has 0 fully saturated rings. The Morgan fingerprint density at radius 3 is 2.53 bits per heavy atom. The molecule has 0 bridgehead atoms. The van der Waals surface area contributed by atoms with Gasteiger partial charge in [-0.15, -0.1) is 0 Å². The number of amides is 2. The molecule has 76 valence electrons. The molecule has 0 radical (unpaired) electrons. The molecule has 1 aliphatic rings. The molecule has 0 atom stereocenters. The van der Waals surface area contributed by atoms with Crippen LogP contribution < -0.4 is 4.90 Å². The number of rotatable bonds is 1. The van der Waals surface area contributed by atoms with Gasteiger partial charge in [-0.2, -0.15) is 0 Å². The number of nitrogens with zero attached hydrogens (tertiary/aromatic N) is 1. The molecule has 3 nitrogen and oxygen atoms in total. The van der Waals surface area contributed by atoms with Crippen LogP contribution in [0.15, 0.2) is 40.4 Å². The molecule has 1 heterocycles. The summed E-state index contributed by atoms with van der Waals surface area (Å²) < 4.78 is 0.838. The lowest BCUT2D eigenvalue weighted by Gasteiger charge is -2.14. The summed E-state index contributed by atoms with van der Waals surface area (Å²) in [6.45, 7) is 1.64. The van der Waals surface area contributed by atoms with E-state index in [1.807, 2.05) is 6.07 Å². The van der Waals surface area contributed by atoms with Gasteiger partial charge in [0, 0.05) is 16.1 Å². The highest BCUT2D eigenvalue weighted by molar-refractivity contribution is 9.10. The van der Waals surface area contributed by atoms with Crippen molar-refractivity contribution in [2.75, 3.05) is 4.90 Å². The largest absolute Gasteiger partial charge is 0.269 e. The number of anilines is 1. The smallest absolute Gasteiger partial charge is 0.261 e. The van der Waals surface area contributed by atoms with Gasteiger partial charge in [0.05, 0.1) is 5.69 Å². The zero-order chi connectivity index (χ0) is 11.0. The van der Waals surface area contributed by atoms with Gasteiger partial charge in [-0.1, -0.05) is 22.0 Å². The van der Waals surface area contributed by atoms with Gasteiger partial charge in [0.2, 0.25) is 0 Å². The minimum atomic E-state index is -0.282. The molecular weight excluding hydrogens is 258 g/mol. The first-order valence-corrected chi connectivity index (χ1v) is 5.21. The number of imide groups is 1. The molecule has 0 N–H and O–H groups in total. The highest BCUT2D eigenvalue weighted by atomic mass is 79.9. The van der Waals surface area contributed by atoms with E-state index in [0.717, 1.165) is 4.47 Å². The summed E-state index contributed by atoms with van der Waals surface area (Å²) in [7, 11) is 0. The van der Waals surface area contributed by atoms with Crippen molar-refractivity contribution >= 4 is 33.4 Å². The zero-order valence-electron chi connectivity index (χ0n) is 8.03. The molecule has 0 saturated heterocycles. The van der Waals surface area contributed by atoms with Crippen molar-refractivity contribution < 1.29 is 9.59 Å².